The Labute approximate surface area is 172 Å². The van der Waals surface area contributed by atoms with Crippen LogP contribution in [0.5, 0.6) is 5.88 Å². The van der Waals surface area contributed by atoms with Crippen LogP contribution in [-0.2, 0) is 4.74 Å². The van der Waals surface area contributed by atoms with E-state index in [9.17, 15) is 10.2 Å². The third kappa shape index (κ3) is 3.48. The number of aliphatic hydroxyl groups excluding tert-OH is 2. The first-order chi connectivity index (χ1) is 14.6. The quantitative estimate of drug-likeness (QED) is 0.536. The van der Waals surface area contributed by atoms with Crippen LogP contribution in [0.4, 0.5) is 5.82 Å². The van der Waals surface area contributed by atoms with Crippen LogP contribution in [-0.4, -0.2) is 65.8 Å². The third-order valence-electron chi connectivity index (χ3n) is 5.67. The van der Waals surface area contributed by atoms with Crippen LogP contribution in [0.1, 0.15) is 37.7 Å². The van der Waals surface area contributed by atoms with E-state index < -0.39 is 24.5 Å². The minimum absolute atomic E-state index is 0.0107. The average molecular weight is 416 g/mol. The lowest BCUT2D eigenvalue weighted by atomic mass is 10.1. The van der Waals surface area contributed by atoms with Crippen molar-refractivity contribution in [3.8, 4) is 5.88 Å². The van der Waals surface area contributed by atoms with E-state index in [0.29, 0.717) is 34.7 Å². The van der Waals surface area contributed by atoms with E-state index in [1.54, 1.807) is 23.9 Å². The molecule has 30 heavy (non-hydrogen) atoms. The van der Waals surface area contributed by atoms with Crippen LogP contribution < -0.4 is 10.1 Å². The van der Waals surface area contributed by atoms with Crippen LogP contribution in [0.3, 0.4) is 0 Å². The topological polar surface area (TPSA) is 141 Å². The molecule has 3 aromatic rings. The van der Waals surface area contributed by atoms with Gasteiger partial charge in [-0.25, -0.2) is 15.0 Å². The zero-order valence-corrected chi connectivity index (χ0v) is 16.5. The summed E-state index contributed by atoms with van der Waals surface area (Å²) in [5, 5.41) is 28.2. The summed E-state index contributed by atoms with van der Waals surface area (Å²) in [4.78, 5) is 13.1. The summed E-state index contributed by atoms with van der Waals surface area (Å²) in [6.07, 6.45) is 3.71. The van der Waals surface area contributed by atoms with Gasteiger partial charge in [0.2, 0.25) is 0 Å². The number of nitrogens with one attached hydrogen (secondary N) is 1. The van der Waals surface area contributed by atoms with E-state index in [4.69, 9.17) is 14.0 Å². The Hall–Kier alpha value is -2.76. The van der Waals surface area contributed by atoms with Gasteiger partial charge in [0, 0.05) is 12.1 Å². The summed E-state index contributed by atoms with van der Waals surface area (Å²) >= 11 is 0. The highest BCUT2D eigenvalue weighted by atomic mass is 16.6. The molecule has 3 N–H and O–H groups in total. The zero-order chi connectivity index (χ0) is 20.7. The van der Waals surface area contributed by atoms with Gasteiger partial charge in [-0.1, -0.05) is 12.8 Å². The molecule has 0 aromatic carbocycles. The second-order valence-electron chi connectivity index (χ2n) is 7.81. The van der Waals surface area contributed by atoms with E-state index in [1.165, 1.54) is 19.2 Å². The summed E-state index contributed by atoms with van der Waals surface area (Å²) in [5.41, 5.74) is 1.13. The molecular weight excluding hydrogens is 392 g/mol. The number of hydrogen-bond acceptors (Lipinski definition) is 10. The molecule has 4 heterocycles. The molecule has 1 aliphatic carbocycles. The summed E-state index contributed by atoms with van der Waals surface area (Å²) in [7, 11) is 0. The zero-order valence-electron chi connectivity index (χ0n) is 16.5. The molecule has 0 radical (unpaired) electrons. The van der Waals surface area contributed by atoms with Crippen molar-refractivity contribution >= 4 is 17.0 Å². The molecule has 11 heteroatoms. The number of ether oxygens (including phenoxy) is 2. The van der Waals surface area contributed by atoms with Gasteiger partial charge in [0.25, 0.3) is 5.88 Å². The maximum Gasteiger partial charge on any atom is 0.254 e. The Kier molecular flexibility index (Phi) is 5.01. The molecule has 3 aromatic heterocycles. The highest BCUT2D eigenvalue weighted by Gasteiger charge is 2.45. The first-order valence-electron chi connectivity index (χ1n) is 10.1. The Morgan fingerprint density at radius 1 is 1.20 bits per heavy atom. The summed E-state index contributed by atoms with van der Waals surface area (Å²) in [6, 6.07) is 2.01. The minimum Gasteiger partial charge on any atom is -0.473 e. The van der Waals surface area contributed by atoms with Crippen molar-refractivity contribution in [2.24, 2.45) is 0 Å². The Morgan fingerprint density at radius 2 is 2.03 bits per heavy atom. The van der Waals surface area contributed by atoms with Crippen LogP contribution in [0, 0.1) is 6.92 Å². The SMILES string of the molecule is Cc1cc(OC[C@H]2O[C@@H](n3cnc4c(NC5CCCC5)ncnc43)[C@H](O)[C@@H]2O)no1. The molecular formula is C19H24N6O5. The summed E-state index contributed by atoms with van der Waals surface area (Å²) in [6.45, 7) is 1.76. The van der Waals surface area contributed by atoms with Crippen LogP contribution in [0.25, 0.3) is 11.2 Å². The average Bonchev–Trinajstić information content (AvgIpc) is 3.52. The lowest BCUT2D eigenvalue weighted by Crippen LogP contribution is -2.34. The second-order valence-corrected chi connectivity index (χ2v) is 7.81. The van der Waals surface area contributed by atoms with E-state index in [0.717, 1.165) is 12.8 Å². The fourth-order valence-electron chi connectivity index (χ4n) is 4.08. The van der Waals surface area contributed by atoms with Crippen molar-refractivity contribution in [1.82, 2.24) is 24.7 Å². The third-order valence-corrected chi connectivity index (χ3v) is 5.67. The van der Waals surface area contributed by atoms with Gasteiger partial charge in [-0.05, 0) is 24.9 Å². The summed E-state index contributed by atoms with van der Waals surface area (Å²) in [5.74, 6) is 1.58. The standard InChI is InChI=1S/C19H24N6O5/c1-10-6-13(24-30-10)28-7-12-15(26)16(27)19(29-12)25-9-22-14-17(20-8-21-18(14)25)23-11-4-2-3-5-11/h6,8-9,11-12,15-16,19,26-27H,2-5,7H2,1H3,(H,20,21,23)/t12-,15-,16-,19-/m1/s1. The van der Waals surface area contributed by atoms with Crippen molar-refractivity contribution in [2.45, 2.75) is 63.2 Å². The monoisotopic (exact) mass is 416 g/mol. The number of imidazole rings is 1. The Morgan fingerprint density at radius 3 is 2.80 bits per heavy atom. The Balaban J connectivity index is 1.34. The molecule has 0 bridgehead atoms. The van der Waals surface area contributed by atoms with E-state index in [1.807, 2.05) is 0 Å². The minimum atomic E-state index is -1.17. The fraction of sp³-hybridized carbons (Fsp3) is 0.579. The predicted octanol–water partition coefficient (Wildman–Crippen LogP) is 1.18. The first kappa shape index (κ1) is 19.2. The van der Waals surface area contributed by atoms with E-state index >= 15 is 0 Å². The summed E-state index contributed by atoms with van der Waals surface area (Å²) < 4.78 is 18.0. The molecule has 0 spiro atoms. The largest absolute Gasteiger partial charge is 0.473 e. The molecule has 160 valence electrons. The number of aliphatic hydroxyl groups is 2. The number of nitrogens with zero attached hydrogens (tertiary/aromatic N) is 5. The maximum absolute atomic E-state index is 10.6. The molecule has 2 aliphatic rings. The molecule has 5 rings (SSSR count). The van der Waals surface area contributed by atoms with Gasteiger partial charge in [0.05, 0.1) is 6.33 Å². The normalized spacial score (nSPS) is 27.2. The first-order valence-corrected chi connectivity index (χ1v) is 10.1. The van der Waals surface area contributed by atoms with Gasteiger partial charge in [0.1, 0.15) is 37.0 Å². The number of hydrogen-bond donors (Lipinski definition) is 3. The van der Waals surface area contributed by atoms with Crippen molar-refractivity contribution in [3.05, 3.63) is 24.5 Å². The van der Waals surface area contributed by atoms with E-state index in [-0.39, 0.29) is 6.61 Å². The highest BCUT2D eigenvalue weighted by Crippen LogP contribution is 2.33. The molecule has 11 nitrogen and oxygen atoms in total. The van der Waals surface area contributed by atoms with Gasteiger partial charge in [-0.3, -0.25) is 4.57 Å². The number of aryl methyl sites for hydroxylation is 1. The lowest BCUT2D eigenvalue weighted by molar-refractivity contribution is -0.0481. The van der Waals surface area contributed by atoms with Crippen molar-refractivity contribution < 1.29 is 24.2 Å². The number of fused-ring (bicyclic) bond motifs is 1. The maximum atomic E-state index is 10.6. The number of anilines is 1. The van der Waals surface area contributed by atoms with Gasteiger partial charge >= 0.3 is 0 Å². The second kappa shape index (κ2) is 7.82. The molecule has 2 fully saturated rings. The van der Waals surface area contributed by atoms with Gasteiger partial charge in [-0.2, -0.15) is 0 Å². The lowest BCUT2D eigenvalue weighted by Gasteiger charge is -2.17. The molecule has 0 unspecified atom stereocenters. The molecule has 1 saturated carbocycles. The molecule has 1 aliphatic heterocycles. The Bertz CT molecular complexity index is 1020. The van der Waals surface area contributed by atoms with Crippen molar-refractivity contribution in [2.75, 3.05) is 11.9 Å². The van der Waals surface area contributed by atoms with Gasteiger partial charge in [-0.15, -0.1) is 0 Å². The fourth-order valence-corrected chi connectivity index (χ4v) is 4.08. The number of rotatable bonds is 6. The van der Waals surface area contributed by atoms with Crippen molar-refractivity contribution in [3.63, 3.8) is 0 Å². The van der Waals surface area contributed by atoms with Crippen LogP contribution in [0.15, 0.2) is 23.2 Å². The number of aromatic nitrogens is 5. The highest BCUT2D eigenvalue weighted by molar-refractivity contribution is 5.82. The molecule has 1 saturated heterocycles. The smallest absolute Gasteiger partial charge is 0.254 e. The van der Waals surface area contributed by atoms with Crippen LogP contribution >= 0.6 is 0 Å². The molecule has 0 amide bonds. The van der Waals surface area contributed by atoms with Crippen molar-refractivity contribution in [1.29, 1.82) is 0 Å². The van der Waals surface area contributed by atoms with E-state index in [2.05, 4.69) is 25.4 Å². The molecule has 4 atom stereocenters. The van der Waals surface area contributed by atoms with Gasteiger partial charge < -0.3 is 29.5 Å². The predicted molar refractivity (Wildman–Crippen MR) is 104 cm³/mol. The van der Waals surface area contributed by atoms with Crippen LogP contribution in [0.2, 0.25) is 0 Å². The van der Waals surface area contributed by atoms with Gasteiger partial charge in [0.15, 0.2) is 23.2 Å².